The fraction of sp³-hybridized carbons (Fsp3) is 0.722. The number of amides is 2. The van der Waals surface area contributed by atoms with Gasteiger partial charge in [-0.25, -0.2) is 0 Å². The average Bonchev–Trinajstić information content (AvgIpc) is 2.98. The molecule has 3 aliphatic rings. The summed E-state index contributed by atoms with van der Waals surface area (Å²) in [6.45, 7) is 3.88. The Balaban J connectivity index is 1.45. The second-order valence-corrected chi connectivity index (χ2v) is 7.80. The Labute approximate surface area is 146 Å². The first-order valence-electron chi connectivity index (χ1n) is 9.20. The summed E-state index contributed by atoms with van der Waals surface area (Å²) in [4.78, 5) is 28.8. The van der Waals surface area contributed by atoms with Crippen molar-refractivity contribution < 1.29 is 19.2 Å². The number of carbonyl (C=O) groups excluding carboxylic acids is 2. The molecule has 1 saturated carbocycles. The molecule has 1 aromatic rings. The molecule has 0 unspecified atom stereocenters. The van der Waals surface area contributed by atoms with E-state index >= 15 is 0 Å². The van der Waals surface area contributed by atoms with Crippen LogP contribution in [0.2, 0.25) is 0 Å². The molecule has 2 saturated heterocycles. The van der Waals surface area contributed by atoms with E-state index in [2.05, 4.69) is 5.16 Å². The first kappa shape index (κ1) is 16.6. The molecule has 0 radical (unpaired) electrons. The topological polar surface area (TPSA) is 86.9 Å². The van der Waals surface area contributed by atoms with Crippen molar-refractivity contribution in [2.24, 2.45) is 11.8 Å². The Morgan fingerprint density at radius 2 is 1.92 bits per heavy atom. The molecule has 136 valence electrons. The Hall–Kier alpha value is -1.89. The molecule has 2 atom stereocenters. The van der Waals surface area contributed by atoms with Gasteiger partial charge in [0.25, 0.3) is 5.91 Å². The zero-order chi connectivity index (χ0) is 17.6. The number of likely N-dealkylation sites (tertiary alicyclic amines) is 2. The molecule has 25 heavy (non-hydrogen) atoms. The summed E-state index contributed by atoms with van der Waals surface area (Å²) in [6, 6.07) is 1.64. The van der Waals surface area contributed by atoms with E-state index in [1.165, 1.54) is 0 Å². The van der Waals surface area contributed by atoms with E-state index in [-0.39, 0.29) is 29.4 Å². The first-order chi connectivity index (χ1) is 12.0. The molecule has 1 aromatic heterocycles. The largest absolute Gasteiger partial charge is 0.389 e. The maximum atomic E-state index is 12.6. The van der Waals surface area contributed by atoms with Gasteiger partial charge in [-0.3, -0.25) is 9.59 Å². The van der Waals surface area contributed by atoms with E-state index in [0.717, 1.165) is 19.3 Å². The zero-order valence-electron chi connectivity index (χ0n) is 14.6. The van der Waals surface area contributed by atoms with Crippen LogP contribution in [0.3, 0.4) is 0 Å². The number of aryl methyl sites for hydroxylation is 1. The normalized spacial score (nSPS) is 29.9. The molecule has 0 bridgehead atoms. The molecule has 0 spiro atoms. The van der Waals surface area contributed by atoms with Gasteiger partial charge in [0.2, 0.25) is 11.7 Å². The summed E-state index contributed by atoms with van der Waals surface area (Å²) in [5.41, 5.74) is -0.100. The van der Waals surface area contributed by atoms with E-state index in [1.807, 2.05) is 4.90 Å². The van der Waals surface area contributed by atoms with Gasteiger partial charge in [-0.05, 0) is 32.6 Å². The Morgan fingerprint density at radius 1 is 1.24 bits per heavy atom. The summed E-state index contributed by atoms with van der Waals surface area (Å²) >= 11 is 0. The number of hydrogen-bond acceptors (Lipinski definition) is 5. The molecule has 7 heteroatoms. The highest BCUT2D eigenvalue weighted by molar-refractivity contribution is 5.91. The van der Waals surface area contributed by atoms with Crippen molar-refractivity contribution in [2.45, 2.75) is 44.6 Å². The van der Waals surface area contributed by atoms with Crippen LogP contribution in [0.25, 0.3) is 0 Å². The van der Waals surface area contributed by atoms with Crippen molar-refractivity contribution in [1.82, 2.24) is 15.0 Å². The molecule has 3 fully saturated rings. The summed E-state index contributed by atoms with van der Waals surface area (Å²) in [7, 11) is 0. The third-order valence-corrected chi connectivity index (χ3v) is 6.16. The number of piperidine rings is 2. The number of rotatable bonds is 2. The van der Waals surface area contributed by atoms with Crippen LogP contribution in [0.4, 0.5) is 0 Å². The van der Waals surface area contributed by atoms with E-state index in [9.17, 15) is 14.7 Å². The van der Waals surface area contributed by atoms with Crippen molar-refractivity contribution in [1.29, 1.82) is 0 Å². The van der Waals surface area contributed by atoms with E-state index in [4.69, 9.17) is 4.52 Å². The number of aromatic nitrogens is 1. The van der Waals surface area contributed by atoms with Crippen molar-refractivity contribution >= 4 is 11.8 Å². The molecular weight excluding hydrogens is 322 g/mol. The second kappa shape index (κ2) is 6.12. The van der Waals surface area contributed by atoms with Gasteiger partial charge < -0.3 is 19.4 Å². The lowest BCUT2D eigenvalue weighted by Gasteiger charge is -2.50. The zero-order valence-corrected chi connectivity index (χ0v) is 14.6. The van der Waals surface area contributed by atoms with Gasteiger partial charge in [0, 0.05) is 44.1 Å². The second-order valence-electron chi connectivity index (χ2n) is 7.80. The number of nitrogens with zero attached hydrogens (tertiary/aromatic N) is 3. The van der Waals surface area contributed by atoms with Crippen molar-refractivity contribution in [3.63, 3.8) is 0 Å². The molecule has 4 rings (SSSR count). The summed E-state index contributed by atoms with van der Waals surface area (Å²) in [6.07, 6.45) is 4.25. The van der Waals surface area contributed by atoms with E-state index in [1.54, 1.807) is 17.9 Å². The number of fused-ring (bicyclic) bond motifs is 1. The van der Waals surface area contributed by atoms with Gasteiger partial charge in [-0.15, -0.1) is 0 Å². The lowest BCUT2D eigenvalue weighted by Crippen LogP contribution is -2.62. The van der Waals surface area contributed by atoms with Gasteiger partial charge in [-0.2, -0.15) is 0 Å². The van der Waals surface area contributed by atoms with Gasteiger partial charge in [-0.1, -0.05) is 11.6 Å². The van der Waals surface area contributed by atoms with E-state index < -0.39 is 5.60 Å². The minimum absolute atomic E-state index is 0.105. The maximum absolute atomic E-state index is 12.6. The lowest BCUT2D eigenvalue weighted by molar-refractivity contribution is -0.151. The molecule has 2 aliphatic heterocycles. The maximum Gasteiger partial charge on any atom is 0.292 e. The smallest absolute Gasteiger partial charge is 0.292 e. The average molecular weight is 347 g/mol. The van der Waals surface area contributed by atoms with Crippen LogP contribution in [0.5, 0.6) is 0 Å². The van der Waals surface area contributed by atoms with Crippen LogP contribution in [0.15, 0.2) is 10.6 Å². The Bertz CT molecular complexity index is 684. The molecular formula is C18H25N3O4. The summed E-state index contributed by atoms with van der Waals surface area (Å²) < 4.78 is 5.09. The van der Waals surface area contributed by atoms with Gasteiger partial charge in [0.05, 0.1) is 11.3 Å². The number of hydrogen-bond donors (Lipinski definition) is 1. The highest BCUT2D eigenvalue weighted by Gasteiger charge is 2.47. The van der Waals surface area contributed by atoms with Crippen LogP contribution in [0.1, 0.15) is 48.4 Å². The monoisotopic (exact) mass is 347 g/mol. The van der Waals surface area contributed by atoms with Crippen LogP contribution in [0, 0.1) is 18.8 Å². The van der Waals surface area contributed by atoms with Crippen LogP contribution in [-0.2, 0) is 4.79 Å². The van der Waals surface area contributed by atoms with Gasteiger partial charge in [0.1, 0.15) is 0 Å². The SMILES string of the molecule is Cc1cc(C(=O)N2CC[C@@]3(O)CCN(C(=O)C4CCC4)C[C@H]3C2)on1. The Kier molecular flexibility index (Phi) is 4.06. The van der Waals surface area contributed by atoms with Gasteiger partial charge >= 0.3 is 0 Å². The summed E-state index contributed by atoms with van der Waals surface area (Å²) in [5.74, 6) is 0.338. The van der Waals surface area contributed by atoms with E-state index in [0.29, 0.717) is 44.7 Å². The highest BCUT2D eigenvalue weighted by atomic mass is 16.5. The molecule has 3 heterocycles. The molecule has 1 N–H and O–H groups in total. The molecule has 0 aromatic carbocycles. The Morgan fingerprint density at radius 3 is 2.52 bits per heavy atom. The molecule has 7 nitrogen and oxygen atoms in total. The summed E-state index contributed by atoms with van der Waals surface area (Å²) in [5, 5.41) is 14.7. The fourth-order valence-corrected chi connectivity index (χ4v) is 4.22. The lowest BCUT2D eigenvalue weighted by atomic mass is 9.74. The van der Waals surface area contributed by atoms with Gasteiger partial charge in [0.15, 0.2) is 0 Å². The molecule has 2 amide bonds. The predicted molar refractivity (Wildman–Crippen MR) is 88.7 cm³/mol. The van der Waals surface area contributed by atoms with Crippen molar-refractivity contribution in [3.05, 3.63) is 17.5 Å². The van der Waals surface area contributed by atoms with Crippen LogP contribution in [-0.4, -0.2) is 63.7 Å². The van der Waals surface area contributed by atoms with Crippen LogP contribution < -0.4 is 0 Å². The first-order valence-corrected chi connectivity index (χ1v) is 9.20. The predicted octanol–water partition coefficient (Wildman–Crippen LogP) is 1.21. The van der Waals surface area contributed by atoms with Crippen molar-refractivity contribution in [3.8, 4) is 0 Å². The fourth-order valence-electron chi connectivity index (χ4n) is 4.22. The van der Waals surface area contributed by atoms with Crippen molar-refractivity contribution in [2.75, 3.05) is 26.2 Å². The third kappa shape index (κ3) is 2.94. The molecule has 1 aliphatic carbocycles. The number of carbonyl (C=O) groups is 2. The minimum Gasteiger partial charge on any atom is -0.389 e. The minimum atomic E-state index is -0.773. The highest BCUT2D eigenvalue weighted by Crippen LogP contribution is 2.37. The van der Waals surface area contributed by atoms with Crippen LogP contribution >= 0.6 is 0 Å². The quantitative estimate of drug-likeness (QED) is 0.869. The third-order valence-electron chi connectivity index (χ3n) is 6.16. The standard InChI is InChI=1S/C18H25N3O4/c1-12-9-15(25-19-12)17(23)21-8-6-18(24)5-7-20(10-14(18)11-21)16(22)13-3-2-4-13/h9,13-14,24H,2-8,10-11H2,1H3/t14-,18-/m0/s1. The number of aliphatic hydroxyl groups is 1.